The van der Waals surface area contributed by atoms with Crippen LogP contribution < -0.4 is 4.74 Å². The zero-order valence-corrected chi connectivity index (χ0v) is 18.8. The molecule has 4 rings (SSSR count). The molecular weight excluding hydrogens is 460 g/mol. The largest absolute Gasteiger partial charge is 0.457 e. The van der Waals surface area contributed by atoms with Gasteiger partial charge in [-0.05, 0) is 55.0 Å². The fraction of sp³-hybridized carbons (Fsp3) is 0.0870. The Morgan fingerprint density at radius 1 is 0.903 bits per heavy atom. The first-order chi connectivity index (χ1) is 14.6. The Morgan fingerprint density at radius 2 is 1.68 bits per heavy atom. The highest BCUT2D eigenvalue weighted by atomic mass is 35.5. The third kappa shape index (κ3) is 4.51. The average Bonchev–Trinajstić information content (AvgIpc) is 2.69. The lowest BCUT2D eigenvalue weighted by Crippen LogP contribution is -1.98. The molecule has 158 valence electrons. The fourth-order valence-electron chi connectivity index (χ4n) is 3.28. The van der Waals surface area contributed by atoms with E-state index in [1.807, 2.05) is 25.1 Å². The van der Waals surface area contributed by atoms with Gasteiger partial charge in [-0.2, -0.15) is 0 Å². The molecule has 0 aliphatic rings. The summed E-state index contributed by atoms with van der Waals surface area (Å²) >= 11 is 12.8. The number of pyridine rings is 1. The van der Waals surface area contributed by atoms with Crippen molar-refractivity contribution in [1.82, 2.24) is 4.98 Å². The summed E-state index contributed by atoms with van der Waals surface area (Å²) in [4.78, 5) is 4.35. The molecule has 0 N–H and O–H groups in total. The van der Waals surface area contributed by atoms with E-state index in [-0.39, 0.29) is 10.6 Å². The molecule has 0 amide bonds. The molecule has 0 aliphatic heterocycles. The van der Waals surface area contributed by atoms with E-state index in [0.29, 0.717) is 26.9 Å². The number of hydrogen-bond acceptors (Lipinski definition) is 4. The lowest BCUT2D eigenvalue weighted by Gasteiger charge is -2.13. The van der Waals surface area contributed by atoms with E-state index in [9.17, 15) is 12.8 Å². The minimum absolute atomic E-state index is 0.0625. The molecule has 0 unspecified atom stereocenters. The Bertz CT molecular complexity index is 1440. The van der Waals surface area contributed by atoms with Gasteiger partial charge in [-0.25, -0.2) is 12.8 Å². The van der Waals surface area contributed by atoms with Gasteiger partial charge in [-0.1, -0.05) is 35.3 Å². The highest BCUT2D eigenvalue weighted by molar-refractivity contribution is 7.90. The van der Waals surface area contributed by atoms with E-state index in [4.69, 9.17) is 27.9 Å². The van der Waals surface area contributed by atoms with Crippen molar-refractivity contribution in [2.45, 2.75) is 11.8 Å². The maximum Gasteiger partial charge on any atom is 0.175 e. The minimum atomic E-state index is -3.59. The number of ether oxygens (including phenoxy) is 1. The van der Waals surface area contributed by atoms with Crippen LogP contribution in [0, 0.1) is 12.7 Å². The van der Waals surface area contributed by atoms with Crippen LogP contribution in [0.25, 0.3) is 22.0 Å². The number of sulfone groups is 1. The van der Waals surface area contributed by atoms with Gasteiger partial charge in [0.15, 0.2) is 9.84 Å². The topological polar surface area (TPSA) is 56.3 Å². The smallest absolute Gasteiger partial charge is 0.175 e. The second-order valence-corrected chi connectivity index (χ2v) is 9.92. The third-order valence-corrected chi connectivity index (χ3v) is 6.38. The number of para-hydroxylation sites is 1. The highest BCUT2D eigenvalue weighted by Crippen LogP contribution is 2.38. The van der Waals surface area contributed by atoms with Gasteiger partial charge in [0.25, 0.3) is 0 Å². The second-order valence-electron chi connectivity index (χ2n) is 7.09. The summed E-state index contributed by atoms with van der Waals surface area (Å²) in [5.41, 5.74) is 2.92. The van der Waals surface area contributed by atoms with Crippen molar-refractivity contribution in [2.24, 2.45) is 0 Å². The number of aromatic nitrogens is 1. The summed E-state index contributed by atoms with van der Waals surface area (Å²) in [5, 5.41) is 1.83. The van der Waals surface area contributed by atoms with Crippen LogP contribution in [0.2, 0.25) is 10.0 Å². The highest BCUT2D eigenvalue weighted by Gasteiger charge is 2.15. The van der Waals surface area contributed by atoms with E-state index in [1.165, 1.54) is 6.07 Å². The maximum absolute atomic E-state index is 13.9. The van der Waals surface area contributed by atoms with Gasteiger partial charge < -0.3 is 4.74 Å². The predicted molar refractivity (Wildman–Crippen MR) is 122 cm³/mol. The Hall–Kier alpha value is -2.67. The minimum Gasteiger partial charge on any atom is -0.457 e. The molecule has 0 atom stereocenters. The van der Waals surface area contributed by atoms with Gasteiger partial charge in [0, 0.05) is 34.0 Å². The molecule has 1 heterocycles. The number of fused-ring (bicyclic) bond motifs is 1. The molecule has 0 bridgehead atoms. The first-order valence-electron chi connectivity index (χ1n) is 9.16. The van der Waals surface area contributed by atoms with Crippen LogP contribution in [-0.4, -0.2) is 19.7 Å². The Balaban J connectivity index is 1.83. The van der Waals surface area contributed by atoms with Crippen molar-refractivity contribution >= 4 is 43.9 Å². The lowest BCUT2D eigenvalue weighted by molar-refractivity contribution is 0.474. The van der Waals surface area contributed by atoms with Crippen molar-refractivity contribution < 1.29 is 17.5 Å². The molecule has 3 aromatic carbocycles. The van der Waals surface area contributed by atoms with E-state index < -0.39 is 15.7 Å². The number of nitrogens with zero attached hydrogens (tertiary/aromatic N) is 1. The quantitative estimate of drug-likeness (QED) is 0.323. The van der Waals surface area contributed by atoms with Crippen molar-refractivity contribution in [3.05, 3.63) is 82.2 Å². The standard InChI is InChI=1S/C23H16Cl2FNO3S/c1-13-8-19(18-4-3-5-22(25)23(18)27-13)20-12-15(6-7-21(20)24)30-16-9-14(26)10-17(11-16)31(2,28)29/h3-12H,1-2H3. The van der Waals surface area contributed by atoms with Crippen LogP contribution >= 0.6 is 23.2 Å². The second kappa shape index (κ2) is 8.11. The van der Waals surface area contributed by atoms with E-state index in [1.54, 1.807) is 24.3 Å². The summed E-state index contributed by atoms with van der Waals surface area (Å²) in [6.45, 7) is 1.86. The average molecular weight is 476 g/mol. The van der Waals surface area contributed by atoms with Crippen LogP contribution in [0.5, 0.6) is 11.5 Å². The predicted octanol–water partition coefficient (Wildman–Crippen LogP) is 6.85. The number of hydrogen-bond donors (Lipinski definition) is 0. The van der Waals surface area contributed by atoms with Gasteiger partial charge in [0.05, 0.1) is 15.4 Å². The zero-order valence-electron chi connectivity index (χ0n) is 16.5. The molecule has 4 nitrogen and oxygen atoms in total. The van der Waals surface area contributed by atoms with Crippen molar-refractivity contribution in [2.75, 3.05) is 6.26 Å². The van der Waals surface area contributed by atoms with Crippen LogP contribution in [0.15, 0.2) is 65.6 Å². The molecule has 0 radical (unpaired) electrons. The summed E-state index contributed by atoms with van der Waals surface area (Å²) in [6, 6.07) is 15.7. The number of aryl methyl sites for hydroxylation is 1. The summed E-state index contributed by atoms with van der Waals surface area (Å²) in [6.07, 6.45) is 1.01. The zero-order chi connectivity index (χ0) is 22.3. The molecule has 4 aromatic rings. The van der Waals surface area contributed by atoms with E-state index in [0.717, 1.165) is 35.0 Å². The molecule has 0 saturated heterocycles. The first-order valence-corrected chi connectivity index (χ1v) is 11.8. The number of benzene rings is 3. The van der Waals surface area contributed by atoms with E-state index in [2.05, 4.69) is 4.98 Å². The maximum atomic E-state index is 13.9. The van der Waals surface area contributed by atoms with Gasteiger partial charge in [-0.3, -0.25) is 4.98 Å². The summed E-state index contributed by atoms with van der Waals surface area (Å²) in [5.74, 6) is -0.279. The Morgan fingerprint density at radius 3 is 2.42 bits per heavy atom. The van der Waals surface area contributed by atoms with Crippen LogP contribution in [0.3, 0.4) is 0 Å². The normalized spacial score (nSPS) is 11.6. The molecular formula is C23H16Cl2FNO3S. The van der Waals surface area contributed by atoms with Gasteiger partial charge >= 0.3 is 0 Å². The summed E-state index contributed by atoms with van der Waals surface area (Å²) < 4.78 is 43.3. The molecule has 1 aromatic heterocycles. The SMILES string of the molecule is Cc1cc(-c2cc(Oc3cc(F)cc(S(C)(=O)=O)c3)ccc2Cl)c2cccc(Cl)c2n1. The monoisotopic (exact) mass is 475 g/mol. The van der Waals surface area contributed by atoms with Crippen molar-refractivity contribution in [3.8, 4) is 22.6 Å². The fourth-order valence-corrected chi connectivity index (χ4v) is 4.38. The molecule has 0 spiro atoms. The number of halogens is 3. The van der Waals surface area contributed by atoms with E-state index >= 15 is 0 Å². The first kappa shape index (κ1) is 21.6. The number of rotatable bonds is 4. The van der Waals surface area contributed by atoms with Crippen molar-refractivity contribution in [1.29, 1.82) is 0 Å². The Kier molecular flexibility index (Phi) is 5.64. The van der Waals surface area contributed by atoms with Crippen molar-refractivity contribution in [3.63, 3.8) is 0 Å². The Labute approximate surface area is 189 Å². The molecule has 31 heavy (non-hydrogen) atoms. The van der Waals surface area contributed by atoms with Gasteiger partial charge in [-0.15, -0.1) is 0 Å². The van der Waals surface area contributed by atoms with Crippen LogP contribution in [0.4, 0.5) is 4.39 Å². The van der Waals surface area contributed by atoms with Crippen LogP contribution in [0.1, 0.15) is 5.69 Å². The molecule has 0 fully saturated rings. The summed E-state index contributed by atoms with van der Waals surface area (Å²) in [7, 11) is -3.59. The third-order valence-electron chi connectivity index (χ3n) is 4.66. The lowest BCUT2D eigenvalue weighted by atomic mass is 10.00. The van der Waals surface area contributed by atoms with Gasteiger partial charge in [0.1, 0.15) is 17.3 Å². The molecule has 8 heteroatoms. The molecule has 0 saturated carbocycles. The van der Waals surface area contributed by atoms with Gasteiger partial charge in [0.2, 0.25) is 0 Å². The van der Waals surface area contributed by atoms with Crippen LogP contribution in [-0.2, 0) is 9.84 Å². The molecule has 0 aliphatic carbocycles.